The molecule has 1 aliphatic rings. The molecule has 4 heterocycles. The number of carbonyl (C=O) groups excluding carboxylic acids is 1. The zero-order chi connectivity index (χ0) is 16.7. The van der Waals surface area contributed by atoms with E-state index in [-0.39, 0.29) is 17.6 Å². The van der Waals surface area contributed by atoms with Crippen molar-refractivity contribution in [3.63, 3.8) is 0 Å². The highest BCUT2D eigenvalue weighted by Gasteiger charge is 2.35. The van der Waals surface area contributed by atoms with Crippen molar-refractivity contribution in [2.24, 2.45) is 0 Å². The molecule has 1 saturated heterocycles. The van der Waals surface area contributed by atoms with Crippen LogP contribution in [0.2, 0.25) is 0 Å². The van der Waals surface area contributed by atoms with Gasteiger partial charge in [-0.2, -0.15) is 0 Å². The van der Waals surface area contributed by atoms with E-state index in [1.165, 1.54) is 0 Å². The molecule has 0 saturated carbocycles. The van der Waals surface area contributed by atoms with Crippen molar-refractivity contribution in [2.75, 3.05) is 6.54 Å². The van der Waals surface area contributed by atoms with Crippen molar-refractivity contribution in [1.82, 2.24) is 15.2 Å². The molecule has 0 unspecified atom stereocenters. The summed E-state index contributed by atoms with van der Waals surface area (Å²) in [6.07, 6.45) is 3.37. The highest BCUT2D eigenvalue weighted by Crippen LogP contribution is 2.36. The van der Waals surface area contributed by atoms with Gasteiger partial charge in [-0.3, -0.25) is 4.79 Å². The maximum absolute atomic E-state index is 12.9. The molecular formula is C17H17N3O4. The molecule has 1 fully saturated rings. The first-order valence-electron chi connectivity index (χ1n) is 7.89. The number of hydrogen-bond acceptors (Lipinski definition) is 6. The number of nitrogens with zero attached hydrogens (tertiary/aromatic N) is 3. The molecule has 124 valence electrons. The quantitative estimate of drug-likeness (QED) is 0.731. The van der Waals surface area contributed by atoms with E-state index in [0.717, 1.165) is 29.9 Å². The molecule has 0 aliphatic carbocycles. The summed E-state index contributed by atoms with van der Waals surface area (Å²) in [5, 5.41) is 7.92. The zero-order valence-electron chi connectivity index (χ0n) is 13.5. The summed E-state index contributed by atoms with van der Waals surface area (Å²) in [6.45, 7) is 4.45. The fourth-order valence-corrected chi connectivity index (χ4v) is 3.33. The minimum atomic E-state index is -0.154. The molecule has 0 radical (unpaired) electrons. The molecule has 1 amide bonds. The average molecular weight is 327 g/mol. The van der Waals surface area contributed by atoms with Crippen molar-refractivity contribution in [3.8, 4) is 11.5 Å². The van der Waals surface area contributed by atoms with E-state index in [1.54, 1.807) is 24.5 Å². The van der Waals surface area contributed by atoms with Gasteiger partial charge in [-0.05, 0) is 38.8 Å². The number of aromatic nitrogens is 2. The standard InChI is InChI=1S/C17H17N3O4/c1-10-16(11(2)23-18-10)13-5-3-7-20(13)17(21)12-9-15(24-19-12)14-6-4-8-22-14/h4,6,8-9,13H,3,5,7H2,1-2H3/t13-/m0/s1. The lowest BCUT2D eigenvalue weighted by molar-refractivity contribution is 0.0724. The Hall–Kier alpha value is -2.83. The Bertz CT molecular complexity index is 843. The molecular weight excluding hydrogens is 310 g/mol. The van der Waals surface area contributed by atoms with Gasteiger partial charge in [0, 0.05) is 18.2 Å². The fourth-order valence-electron chi connectivity index (χ4n) is 3.33. The highest BCUT2D eigenvalue weighted by atomic mass is 16.5. The number of rotatable bonds is 3. The van der Waals surface area contributed by atoms with Gasteiger partial charge in [0.15, 0.2) is 11.5 Å². The number of hydrogen-bond donors (Lipinski definition) is 0. The van der Waals surface area contributed by atoms with Crippen molar-refractivity contribution < 1.29 is 18.3 Å². The van der Waals surface area contributed by atoms with Crippen LogP contribution in [0.4, 0.5) is 0 Å². The Kier molecular flexibility index (Phi) is 3.48. The third-order valence-electron chi connectivity index (χ3n) is 4.43. The molecule has 7 nitrogen and oxygen atoms in total. The molecule has 3 aromatic heterocycles. The zero-order valence-corrected chi connectivity index (χ0v) is 13.5. The summed E-state index contributed by atoms with van der Waals surface area (Å²) < 4.78 is 15.8. The summed E-state index contributed by atoms with van der Waals surface area (Å²) in [4.78, 5) is 14.7. The Morgan fingerprint density at radius 2 is 2.12 bits per heavy atom. The summed E-state index contributed by atoms with van der Waals surface area (Å²) in [7, 11) is 0. The maximum atomic E-state index is 12.9. The van der Waals surface area contributed by atoms with Crippen LogP contribution in [0, 0.1) is 13.8 Å². The van der Waals surface area contributed by atoms with Crippen molar-refractivity contribution >= 4 is 5.91 Å². The normalized spacial score (nSPS) is 17.6. The SMILES string of the molecule is Cc1noc(C)c1[C@@H]1CCCN1C(=O)c1cc(-c2ccco2)on1. The molecule has 3 aromatic rings. The summed E-state index contributed by atoms with van der Waals surface area (Å²) in [5.74, 6) is 1.59. The Balaban J connectivity index is 1.62. The predicted octanol–water partition coefficient (Wildman–Crippen LogP) is 3.52. The summed E-state index contributed by atoms with van der Waals surface area (Å²) >= 11 is 0. The van der Waals surface area contributed by atoms with Gasteiger partial charge in [0.1, 0.15) is 5.76 Å². The van der Waals surface area contributed by atoms with Gasteiger partial charge in [0.05, 0.1) is 18.0 Å². The molecule has 1 atom stereocenters. The summed E-state index contributed by atoms with van der Waals surface area (Å²) in [5.41, 5.74) is 2.10. The lowest BCUT2D eigenvalue weighted by Gasteiger charge is -2.23. The van der Waals surface area contributed by atoms with Crippen LogP contribution in [0.3, 0.4) is 0 Å². The van der Waals surface area contributed by atoms with Gasteiger partial charge < -0.3 is 18.4 Å². The Morgan fingerprint density at radius 1 is 1.25 bits per heavy atom. The lowest BCUT2D eigenvalue weighted by atomic mass is 10.0. The van der Waals surface area contributed by atoms with Crippen LogP contribution < -0.4 is 0 Å². The molecule has 24 heavy (non-hydrogen) atoms. The van der Waals surface area contributed by atoms with Crippen LogP contribution in [0.5, 0.6) is 0 Å². The van der Waals surface area contributed by atoms with E-state index in [9.17, 15) is 4.79 Å². The number of likely N-dealkylation sites (tertiary alicyclic amines) is 1. The second-order valence-electron chi connectivity index (χ2n) is 5.95. The largest absolute Gasteiger partial charge is 0.461 e. The van der Waals surface area contributed by atoms with Crippen LogP contribution >= 0.6 is 0 Å². The number of carbonyl (C=O) groups is 1. The molecule has 0 bridgehead atoms. The highest BCUT2D eigenvalue weighted by molar-refractivity contribution is 5.93. The molecule has 4 rings (SSSR count). The third-order valence-corrected chi connectivity index (χ3v) is 4.43. The topological polar surface area (TPSA) is 85.5 Å². The summed E-state index contributed by atoms with van der Waals surface area (Å²) in [6, 6.07) is 5.10. The van der Waals surface area contributed by atoms with E-state index >= 15 is 0 Å². The van der Waals surface area contributed by atoms with Crippen molar-refractivity contribution in [2.45, 2.75) is 32.7 Å². The van der Waals surface area contributed by atoms with E-state index in [1.807, 2.05) is 18.7 Å². The molecule has 7 heteroatoms. The number of furan rings is 1. The predicted molar refractivity (Wildman–Crippen MR) is 83.2 cm³/mol. The average Bonchev–Trinajstić information content (AvgIpc) is 3.34. The van der Waals surface area contributed by atoms with E-state index < -0.39 is 0 Å². The fraction of sp³-hybridized carbons (Fsp3) is 0.353. The first-order valence-corrected chi connectivity index (χ1v) is 7.89. The van der Waals surface area contributed by atoms with Crippen LogP contribution in [0.1, 0.15) is 46.4 Å². The van der Waals surface area contributed by atoms with Crippen LogP contribution in [-0.4, -0.2) is 27.7 Å². The molecule has 0 aromatic carbocycles. The van der Waals surface area contributed by atoms with Gasteiger partial charge in [0.25, 0.3) is 5.91 Å². The monoisotopic (exact) mass is 327 g/mol. The first-order chi connectivity index (χ1) is 11.6. The minimum absolute atomic E-state index is 0.0347. The van der Waals surface area contributed by atoms with Gasteiger partial charge in [-0.15, -0.1) is 0 Å². The van der Waals surface area contributed by atoms with Crippen LogP contribution in [-0.2, 0) is 0 Å². The van der Waals surface area contributed by atoms with Crippen LogP contribution in [0.25, 0.3) is 11.5 Å². The second kappa shape index (κ2) is 5.67. The molecule has 1 aliphatic heterocycles. The second-order valence-corrected chi connectivity index (χ2v) is 5.95. The van der Waals surface area contributed by atoms with Crippen molar-refractivity contribution in [1.29, 1.82) is 0 Å². The minimum Gasteiger partial charge on any atom is -0.461 e. The Labute approximate surface area is 138 Å². The van der Waals surface area contributed by atoms with Crippen molar-refractivity contribution in [3.05, 3.63) is 47.2 Å². The van der Waals surface area contributed by atoms with E-state index in [0.29, 0.717) is 18.1 Å². The first kappa shape index (κ1) is 14.7. The number of aryl methyl sites for hydroxylation is 2. The molecule has 0 spiro atoms. The third kappa shape index (κ3) is 2.33. The smallest absolute Gasteiger partial charge is 0.276 e. The van der Waals surface area contributed by atoms with Gasteiger partial charge in [0.2, 0.25) is 5.76 Å². The van der Waals surface area contributed by atoms with E-state index in [2.05, 4.69) is 10.3 Å². The molecule has 0 N–H and O–H groups in total. The van der Waals surface area contributed by atoms with Crippen LogP contribution in [0.15, 0.2) is 37.9 Å². The maximum Gasteiger partial charge on any atom is 0.276 e. The number of amides is 1. The van der Waals surface area contributed by atoms with Gasteiger partial charge >= 0.3 is 0 Å². The van der Waals surface area contributed by atoms with E-state index in [4.69, 9.17) is 13.5 Å². The van der Waals surface area contributed by atoms with Gasteiger partial charge in [-0.25, -0.2) is 0 Å². The van der Waals surface area contributed by atoms with Gasteiger partial charge in [-0.1, -0.05) is 10.3 Å². The Morgan fingerprint density at radius 3 is 2.83 bits per heavy atom. The lowest BCUT2D eigenvalue weighted by Crippen LogP contribution is -2.31.